The molecule has 0 aromatic carbocycles. The SMILES string of the molecule is CC(C)(C)c1ncn(C2CC2)c1C(C)(C)C. The average Bonchev–Trinajstić information content (AvgIpc) is 2.79. The van der Waals surface area contributed by atoms with Crippen LogP contribution in [-0.4, -0.2) is 9.55 Å². The summed E-state index contributed by atoms with van der Waals surface area (Å²) in [6, 6.07) is 0.720. The van der Waals surface area contributed by atoms with Gasteiger partial charge in [-0.05, 0) is 12.8 Å². The Morgan fingerprint density at radius 3 is 2.00 bits per heavy atom. The summed E-state index contributed by atoms with van der Waals surface area (Å²) in [4.78, 5) is 4.68. The van der Waals surface area contributed by atoms with Gasteiger partial charge in [-0.2, -0.15) is 0 Å². The van der Waals surface area contributed by atoms with Crippen molar-refractivity contribution in [2.24, 2.45) is 0 Å². The molecular weight excluding hydrogens is 196 g/mol. The maximum Gasteiger partial charge on any atom is 0.0954 e. The quantitative estimate of drug-likeness (QED) is 0.703. The van der Waals surface area contributed by atoms with Crippen molar-refractivity contribution in [3.63, 3.8) is 0 Å². The first-order chi connectivity index (χ1) is 7.21. The number of nitrogens with zero attached hydrogens (tertiary/aromatic N) is 2. The molecule has 0 atom stereocenters. The van der Waals surface area contributed by atoms with Crippen molar-refractivity contribution < 1.29 is 0 Å². The van der Waals surface area contributed by atoms with Crippen molar-refractivity contribution in [1.82, 2.24) is 9.55 Å². The van der Waals surface area contributed by atoms with Crippen LogP contribution in [0.15, 0.2) is 6.33 Å². The van der Waals surface area contributed by atoms with Crippen LogP contribution in [0.2, 0.25) is 0 Å². The third-order valence-electron chi connectivity index (χ3n) is 3.15. The Balaban J connectivity index is 2.54. The number of hydrogen-bond donors (Lipinski definition) is 0. The lowest BCUT2D eigenvalue weighted by Crippen LogP contribution is -2.24. The fourth-order valence-corrected chi connectivity index (χ4v) is 2.28. The van der Waals surface area contributed by atoms with Crippen LogP contribution >= 0.6 is 0 Å². The van der Waals surface area contributed by atoms with Crippen LogP contribution in [0.1, 0.15) is 71.8 Å². The van der Waals surface area contributed by atoms with Crippen LogP contribution in [-0.2, 0) is 10.8 Å². The summed E-state index contributed by atoms with van der Waals surface area (Å²) < 4.78 is 2.42. The third-order valence-corrected chi connectivity index (χ3v) is 3.15. The number of hydrogen-bond acceptors (Lipinski definition) is 1. The molecule has 1 aromatic rings. The standard InChI is InChI=1S/C14H24N2/c1-13(2,3)11-12(14(4,5)6)16(9-15-11)10-7-8-10/h9-10H,7-8H2,1-6H3. The predicted octanol–water partition coefficient (Wildman–Crippen LogP) is 3.81. The molecule has 1 heterocycles. The van der Waals surface area contributed by atoms with Gasteiger partial charge in [0.1, 0.15) is 0 Å². The molecule has 0 amide bonds. The van der Waals surface area contributed by atoms with E-state index >= 15 is 0 Å². The first-order valence-electron chi connectivity index (χ1n) is 6.29. The Morgan fingerprint density at radius 1 is 1.06 bits per heavy atom. The second kappa shape index (κ2) is 3.35. The lowest BCUT2D eigenvalue weighted by atomic mass is 9.82. The topological polar surface area (TPSA) is 17.8 Å². The summed E-state index contributed by atoms with van der Waals surface area (Å²) in [5.74, 6) is 0. The van der Waals surface area contributed by atoms with Crippen LogP contribution in [0.5, 0.6) is 0 Å². The zero-order valence-corrected chi connectivity index (χ0v) is 11.5. The van der Waals surface area contributed by atoms with Gasteiger partial charge in [-0.3, -0.25) is 0 Å². The number of rotatable bonds is 1. The smallest absolute Gasteiger partial charge is 0.0954 e. The van der Waals surface area contributed by atoms with Gasteiger partial charge in [0.25, 0.3) is 0 Å². The Morgan fingerprint density at radius 2 is 1.62 bits per heavy atom. The lowest BCUT2D eigenvalue weighted by Gasteiger charge is -2.27. The van der Waals surface area contributed by atoms with Gasteiger partial charge < -0.3 is 4.57 Å². The van der Waals surface area contributed by atoms with Gasteiger partial charge in [0.15, 0.2) is 0 Å². The number of aromatic nitrogens is 2. The second-order valence-electron chi connectivity index (χ2n) is 7.08. The third kappa shape index (κ3) is 2.02. The van der Waals surface area contributed by atoms with E-state index in [-0.39, 0.29) is 10.8 Å². The normalized spacial score (nSPS) is 17.9. The van der Waals surface area contributed by atoms with Gasteiger partial charge in [-0.15, -0.1) is 0 Å². The van der Waals surface area contributed by atoms with E-state index in [4.69, 9.17) is 0 Å². The Kier molecular flexibility index (Phi) is 2.45. The van der Waals surface area contributed by atoms with Crippen LogP contribution in [0.4, 0.5) is 0 Å². The maximum atomic E-state index is 4.68. The van der Waals surface area contributed by atoms with Crippen LogP contribution < -0.4 is 0 Å². The molecule has 0 saturated heterocycles. The highest BCUT2D eigenvalue weighted by Crippen LogP contribution is 2.41. The van der Waals surface area contributed by atoms with E-state index < -0.39 is 0 Å². The molecular formula is C14H24N2. The van der Waals surface area contributed by atoms with Crippen molar-refractivity contribution in [2.45, 2.75) is 71.3 Å². The van der Waals surface area contributed by atoms with Gasteiger partial charge in [-0.25, -0.2) is 4.98 Å². The molecule has 0 N–H and O–H groups in total. The van der Waals surface area contributed by atoms with Gasteiger partial charge in [-0.1, -0.05) is 41.5 Å². The fraction of sp³-hybridized carbons (Fsp3) is 0.786. The van der Waals surface area contributed by atoms with Crippen molar-refractivity contribution in [2.75, 3.05) is 0 Å². The van der Waals surface area contributed by atoms with Gasteiger partial charge in [0, 0.05) is 22.6 Å². The second-order valence-corrected chi connectivity index (χ2v) is 7.08. The molecule has 2 heteroatoms. The largest absolute Gasteiger partial charge is 0.331 e. The van der Waals surface area contributed by atoms with Crippen LogP contribution in [0.25, 0.3) is 0 Å². The molecule has 1 aliphatic carbocycles. The summed E-state index contributed by atoms with van der Waals surface area (Å²) in [7, 11) is 0. The zero-order valence-electron chi connectivity index (χ0n) is 11.5. The van der Waals surface area contributed by atoms with E-state index in [9.17, 15) is 0 Å². The monoisotopic (exact) mass is 220 g/mol. The molecule has 1 saturated carbocycles. The minimum atomic E-state index is 0.142. The maximum absolute atomic E-state index is 4.68. The van der Waals surface area contributed by atoms with Crippen LogP contribution in [0.3, 0.4) is 0 Å². The summed E-state index contributed by atoms with van der Waals surface area (Å²) in [5.41, 5.74) is 3.03. The van der Waals surface area contributed by atoms with Crippen molar-refractivity contribution >= 4 is 0 Å². The zero-order chi connectivity index (χ0) is 12.1. The molecule has 0 bridgehead atoms. The Hall–Kier alpha value is -0.790. The molecule has 0 aliphatic heterocycles. The fourth-order valence-electron chi connectivity index (χ4n) is 2.28. The van der Waals surface area contributed by atoms with E-state index in [2.05, 4.69) is 57.4 Å². The average molecular weight is 220 g/mol. The highest BCUT2D eigenvalue weighted by atomic mass is 15.1. The van der Waals surface area contributed by atoms with E-state index in [0.717, 1.165) is 6.04 Å². The molecule has 0 unspecified atom stereocenters. The van der Waals surface area contributed by atoms with Crippen molar-refractivity contribution in [3.8, 4) is 0 Å². The summed E-state index contributed by atoms with van der Waals surface area (Å²) >= 11 is 0. The highest BCUT2D eigenvalue weighted by molar-refractivity contribution is 5.28. The minimum absolute atomic E-state index is 0.142. The first-order valence-corrected chi connectivity index (χ1v) is 6.29. The summed E-state index contributed by atoms with van der Waals surface area (Å²) in [6.45, 7) is 13.6. The van der Waals surface area contributed by atoms with Gasteiger partial charge >= 0.3 is 0 Å². The summed E-state index contributed by atoms with van der Waals surface area (Å²) in [5, 5.41) is 0. The number of imidazole rings is 1. The van der Waals surface area contributed by atoms with E-state index in [0.29, 0.717) is 0 Å². The van der Waals surface area contributed by atoms with Gasteiger partial charge in [0.05, 0.1) is 12.0 Å². The molecule has 2 rings (SSSR count). The van der Waals surface area contributed by atoms with Crippen LogP contribution in [0, 0.1) is 0 Å². The highest BCUT2D eigenvalue weighted by Gasteiger charge is 2.35. The molecule has 0 radical (unpaired) electrons. The van der Waals surface area contributed by atoms with E-state index in [1.165, 1.54) is 24.2 Å². The first kappa shape index (κ1) is 11.7. The minimum Gasteiger partial charge on any atom is -0.331 e. The van der Waals surface area contributed by atoms with E-state index in [1.54, 1.807) is 0 Å². The molecule has 1 aromatic heterocycles. The van der Waals surface area contributed by atoms with E-state index in [1.807, 2.05) is 0 Å². The van der Waals surface area contributed by atoms with Gasteiger partial charge in [0.2, 0.25) is 0 Å². The Labute approximate surface area is 99.1 Å². The van der Waals surface area contributed by atoms with Crippen molar-refractivity contribution in [3.05, 3.63) is 17.7 Å². The molecule has 0 spiro atoms. The lowest BCUT2D eigenvalue weighted by molar-refractivity contribution is 0.483. The Bertz CT molecular complexity index is 384. The molecule has 1 aliphatic rings. The molecule has 16 heavy (non-hydrogen) atoms. The van der Waals surface area contributed by atoms with Crippen molar-refractivity contribution in [1.29, 1.82) is 0 Å². The molecule has 2 nitrogen and oxygen atoms in total. The molecule has 1 fully saturated rings. The predicted molar refractivity (Wildman–Crippen MR) is 67.9 cm³/mol. The molecule has 90 valence electrons. The summed E-state index contributed by atoms with van der Waals surface area (Å²) in [6.07, 6.45) is 4.70.